The summed E-state index contributed by atoms with van der Waals surface area (Å²) < 4.78 is 56.0. The van der Waals surface area contributed by atoms with Crippen molar-refractivity contribution in [1.29, 1.82) is 0 Å². The second kappa shape index (κ2) is 9.46. The molecule has 10 heteroatoms. The van der Waals surface area contributed by atoms with E-state index in [1.165, 1.54) is 38.7 Å². The van der Waals surface area contributed by atoms with Gasteiger partial charge in [-0.1, -0.05) is 6.07 Å². The highest BCUT2D eigenvalue weighted by atomic mass is 19.4. The van der Waals surface area contributed by atoms with Crippen molar-refractivity contribution in [1.82, 2.24) is 0 Å². The van der Waals surface area contributed by atoms with Crippen LogP contribution in [0.2, 0.25) is 0 Å². The number of carbonyl (C=O) groups excluding carboxylic acids is 2. The number of hydrogen-bond donors (Lipinski definition) is 2. The number of alkyl halides is 3. The van der Waals surface area contributed by atoms with E-state index in [0.717, 1.165) is 12.1 Å². The fourth-order valence-electron chi connectivity index (χ4n) is 2.94. The fraction of sp³-hybridized carbons (Fsp3) is 0.182. The molecule has 1 heterocycles. The molecular formula is C22H19F3N2O5. The number of ether oxygens (including phenoxy) is 2. The molecule has 2 N–H and O–H groups in total. The van der Waals surface area contributed by atoms with E-state index in [9.17, 15) is 22.8 Å². The third kappa shape index (κ3) is 5.39. The number of furan rings is 1. The zero-order valence-electron chi connectivity index (χ0n) is 17.1. The highest BCUT2D eigenvalue weighted by Crippen LogP contribution is 2.37. The lowest BCUT2D eigenvalue weighted by atomic mass is 10.1. The Morgan fingerprint density at radius 2 is 1.72 bits per heavy atom. The summed E-state index contributed by atoms with van der Waals surface area (Å²) in [7, 11) is 2.90. The lowest BCUT2D eigenvalue weighted by Gasteiger charge is -2.16. The third-order valence-electron chi connectivity index (χ3n) is 4.41. The van der Waals surface area contributed by atoms with Gasteiger partial charge >= 0.3 is 6.18 Å². The van der Waals surface area contributed by atoms with Crippen molar-refractivity contribution in [3.05, 3.63) is 71.7 Å². The van der Waals surface area contributed by atoms with Crippen LogP contribution in [0, 0.1) is 0 Å². The van der Waals surface area contributed by atoms with Gasteiger partial charge in [-0.05, 0) is 48.0 Å². The van der Waals surface area contributed by atoms with Crippen LogP contribution in [0.1, 0.15) is 21.7 Å². The first kappa shape index (κ1) is 22.7. The summed E-state index contributed by atoms with van der Waals surface area (Å²) in [5, 5.41) is 4.61. The van der Waals surface area contributed by atoms with E-state index in [0.29, 0.717) is 17.1 Å². The largest absolute Gasteiger partial charge is 0.493 e. The summed E-state index contributed by atoms with van der Waals surface area (Å²) in [6.07, 6.45) is -3.68. The fourth-order valence-corrected chi connectivity index (χ4v) is 2.94. The molecule has 0 aliphatic rings. The van der Waals surface area contributed by atoms with Gasteiger partial charge in [-0.2, -0.15) is 13.2 Å². The number of anilines is 2. The van der Waals surface area contributed by atoms with Crippen LogP contribution in [-0.4, -0.2) is 26.0 Å². The summed E-state index contributed by atoms with van der Waals surface area (Å²) in [5.41, 5.74) is -1.11. The van der Waals surface area contributed by atoms with E-state index in [1.54, 1.807) is 18.2 Å². The first-order chi connectivity index (χ1) is 15.2. The second-order valence-electron chi connectivity index (χ2n) is 6.60. The average molecular weight is 448 g/mol. The van der Waals surface area contributed by atoms with Gasteiger partial charge in [0.25, 0.3) is 5.91 Å². The zero-order valence-corrected chi connectivity index (χ0v) is 17.1. The molecule has 2 aromatic carbocycles. The maximum Gasteiger partial charge on any atom is 0.418 e. The van der Waals surface area contributed by atoms with Gasteiger partial charge in [-0.25, -0.2) is 0 Å². The number of benzene rings is 2. The minimum atomic E-state index is -4.77. The predicted molar refractivity (Wildman–Crippen MR) is 110 cm³/mol. The Morgan fingerprint density at radius 1 is 0.969 bits per heavy atom. The molecule has 3 aromatic rings. The standard InChI is InChI=1S/C22H19F3N2O5/c1-30-17-8-5-13(10-19(17)31-2)11-20(28)27-16-7-6-14(12-15(16)22(23,24)25)26-21(29)18-4-3-9-32-18/h3-10,12H,11H2,1-2H3,(H,26,29)(H,27,28). The summed E-state index contributed by atoms with van der Waals surface area (Å²) in [4.78, 5) is 24.4. The van der Waals surface area contributed by atoms with Gasteiger partial charge in [0, 0.05) is 5.69 Å². The molecule has 168 valence electrons. The van der Waals surface area contributed by atoms with Crippen LogP contribution < -0.4 is 20.1 Å². The Hall–Kier alpha value is -3.95. The van der Waals surface area contributed by atoms with Crippen molar-refractivity contribution in [2.45, 2.75) is 12.6 Å². The van der Waals surface area contributed by atoms with E-state index in [4.69, 9.17) is 13.9 Å². The lowest BCUT2D eigenvalue weighted by Crippen LogP contribution is -2.19. The minimum absolute atomic E-state index is 0.0501. The molecule has 0 aliphatic heterocycles. The van der Waals surface area contributed by atoms with Crippen LogP contribution in [0.15, 0.2) is 59.2 Å². The van der Waals surface area contributed by atoms with E-state index >= 15 is 0 Å². The van der Waals surface area contributed by atoms with E-state index in [-0.39, 0.29) is 17.9 Å². The number of rotatable bonds is 7. The predicted octanol–water partition coefficient (Wildman–Crippen LogP) is 4.75. The van der Waals surface area contributed by atoms with E-state index in [2.05, 4.69) is 10.6 Å². The summed E-state index contributed by atoms with van der Waals surface area (Å²) in [5.74, 6) is -0.553. The molecule has 0 unspecified atom stereocenters. The van der Waals surface area contributed by atoms with Crippen LogP contribution in [0.5, 0.6) is 11.5 Å². The van der Waals surface area contributed by atoms with Crippen LogP contribution in [0.3, 0.4) is 0 Å². The van der Waals surface area contributed by atoms with Gasteiger partial charge < -0.3 is 24.5 Å². The SMILES string of the molecule is COc1ccc(CC(=O)Nc2ccc(NC(=O)c3ccco3)cc2C(F)(F)F)cc1OC. The summed E-state index contributed by atoms with van der Waals surface area (Å²) in [6.45, 7) is 0. The minimum Gasteiger partial charge on any atom is -0.493 e. The maximum absolute atomic E-state index is 13.6. The van der Waals surface area contributed by atoms with Crippen LogP contribution in [-0.2, 0) is 17.4 Å². The zero-order chi connectivity index (χ0) is 23.3. The molecule has 0 atom stereocenters. The lowest BCUT2D eigenvalue weighted by molar-refractivity contribution is -0.136. The van der Waals surface area contributed by atoms with Crippen LogP contribution >= 0.6 is 0 Å². The molecule has 3 rings (SSSR count). The number of methoxy groups -OCH3 is 2. The van der Waals surface area contributed by atoms with Gasteiger partial charge in [-0.3, -0.25) is 9.59 Å². The van der Waals surface area contributed by atoms with Crippen LogP contribution in [0.4, 0.5) is 24.5 Å². The molecule has 0 saturated carbocycles. The topological polar surface area (TPSA) is 89.8 Å². The van der Waals surface area contributed by atoms with Gasteiger partial charge in [0.2, 0.25) is 5.91 Å². The molecule has 0 fully saturated rings. The quantitative estimate of drug-likeness (QED) is 0.545. The molecule has 0 radical (unpaired) electrons. The van der Waals surface area contributed by atoms with E-state index in [1.807, 2.05) is 0 Å². The van der Waals surface area contributed by atoms with Gasteiger partial charge in [-0.15, -0.1) is 0 Å². The monoisotopic (exact) mass is 448 g/mol. The highest BCUT2D eigenvalue weighted by molar-refractivity contribution is 6.02. The normalized spacial score (nSPS) is 11.0. The molecule has 0 saturated heterocycles. The molecular weight excluding hydrogens is 429 g/mol. The summed E-state index contributed by atoms with van der Waals surface area (Å²) in [6, 6.07) is 10.7. The molecule has 0 bridgehead atoms. The Morgan fingerprint density at radius 3 is 2.34 bits per heavy atom. The van der Waals surface area contributed by atoms with Gasteiger partial charge in [0.05, 0.1) is 38.2 Å². The highest BCUT2D eigenvalue weighted by Gasteiger charge is 2.34. The molecule has 32 heavy (non-hydrogen) atoms. The number of nitrogens with one attached hydrogen (secondary N) is 2. The smallest absolute Gasteiger partial charge is 0.418 e. The van der Waals surface area contributed by atoms with Crippen molar-refractivity contribution in [2.24, 2.45) is 0 Å². The molecule has 1 aromatic heterocycles. The molecule has 2 amide bonds. The number of halogens is 3. The van der Waals surface area contributed by atoms with Gasteiger partial charge in [0.1, 0.15) is 0 Å². The number of hydrogen-bond acceptors (Lipinski definition) is 5. The van der Waals surface area contributed by atoms with Crippen molar-refractivity contribution in [3.8, 4) is 11.5 Å². The Balaban J connectivity index is 1.78. The van der Waals surface area contributed by atoms with Crippen molar-refractivity contribution in [2.75, 3.05) is 24.9 Å². The van der Waals surface area contributed by atoms with Crippen molar-refractivity contribution in [3.63, 3.8) is 0 Å². The Bertz CT molecular complexity index is 1110. The van der Waals surface area contributed by atoms with E-state index < -0.39 is 29.2 Å². The van der Waals surface area contributed by atoms with Crippen molar-refractivity contribution >= 4 is 23.2 Å². The first-order valence-corrected chi connectivity index (χ1v) is 9.28. The average Bonchev–Trinajstić information content (AvgIpc) is 3.29. The molecule has 0 spiro atoms. The summed E-state index contributed by atoms with van der Waals surface area (Å²) >= 11 is 0. The van der Waals surface area contributed by atoms with Crippen LogP contribution in [0.25, 0.3) is 0 Å². The number of carbonyl (C=O) groups is 2. The molecule has 0 aliphatic carbocycles. The molecule has 7 nitrogen and oxygen atoms in total. The first-order valence-electron chi connectivity index (χ1n) is 9.28. The number of amides is 2. The van der Waals surface area contributed by atoms with Gasteiger partial charge in [0.15, 0.2) is 17.3 Å². The second-order valence-corrected chi connectivity index (χ2v) is 6.60. The van der Waals surface area contributed by atoms with Crippen molar-refractivity contribution < 1.29 is 36.7 Å². The Labute approximate surface area is 181 Å². The Kier molecular flexibility index (Phi) is 6.72. The maximum atomic E-state index is 13.6. The third-order valence-corrected chi connectivity index (χ3v) is 4.41.